The van der Waals surface area contributed by atoms with Gasteiger partial charge in [-0.25, -0.2) is 9.67 Å². The minimum atomic E-state index is 0.0905. The Morgan fingerprint density at radius 2 is 2.27 bits per heavy atom. The molecule has 0 bridgehead atoms. The van der Waals surface area contributed by atoms with Gasteiger partial charge in [-0.15, -0.1) is 0 Å². The van der Waals surface area contributed by atoms with Crippen molar-refractivity contribution in [1.82, 2.24) is 29.6 Å². The van der Waals surface area contributed by atoms with Gasteiger partial charge in [-0.05, 0) is 24.5 Å². The molecule has 1 fully saturated rings. The van der Waals surface area contributed by atoms with Gasteiger partial charge in [0.1, 0.15) is 19.2 Å². The fraction of sp³-hybridized carbons (Fsp3) is 0.333. The van der Waals surface area contributed by atoms with Gasteiger partial charge >= 0.3 is 0 Å². The molecule has 4 rings (SSSR count). The summed E-state index contributed by atoms with van der Waals surface area (Å²) in [6, 6.07) is 4.05. The van der Waals surface area contributed by atoms with E-state index in [1.54, 1.807) is 11.0 Å². The van der Waals surface area contributed by atoms with E-state index in [1.807, 2.05) is 23.4 Å². The second-order valence-corrected chi connectivity index (χ2v) is 5.66. The third-order valence-corrected chi connectivity index (χ3v) is 4.11. The lowest BCUT2D eigenvalue weighted by atomic mass is 9.93. The molecule has 0 saturated carbocycles. The summed E-state index contributed by atoms with van der Waals surface area (Å²) in [4.78, 5) is 25.5. The Hall–Kier alpha value is -2.70. The molecule has 0 aromatic carbocycles. The first-order valence-corrected chi connectivity index (χ1v) is 7.31. The van der Waals surface area contributed by atoms with Gasteiger partial charge < -0.3 is 9.88 Å². The van der Waals surface area contributed by atoms with Crippen LogP contribution in [0.3, 0.4) is 0 Å². The summed E-state index contributed by atoms with van der Waals surface area (Å²) in [5.41, 5.74) is 2.19. The van der Waals surface area contributed by atoms with E-state index in [-0.39, 0.29) is 12.5 Å². The van der Waals surface area contributed by atoms with Crippen molar-refractivity contribution in [2.24, 2.45) is 5.92 Å². The zero-order valence-corrected chi connectivity index (χ0v) is 12.0. The maximum absolute atomic E-state index is 12.1. The first kappa shape index (κ1) is 13.0. The van der Waals surface area contributed by atoms with E-state index in [0.29, 0.717) is 5.92 Å². The number of H-pyrrole nitrogens is 1. The highest BCUT2D eigenvalue weighted by atomic mass is 16.2. The molecule has 0 radical (unpaired) electrons. The van der Waals surface area contributed by atoms with E-state index >= 15 is 0 Å². The summed E-state index contributed by atoms with van der Waals surface area (Å²) < 4.78 is 1.55. The minimum Gasteiger partial charge on any atom is -0.360 e. The van der Waals surface area contributed by atoms with E-state index in [2.05, 4.69) is 26.1 Å². The van der Waals surface area contributed by atoms with Crippen molar-refractivity contribution in [1.29, 1.82) is 0 Å². The lowest BCUT2D eigenvalue weighted by molar-refractivity contribution is -0.138. The lowest BCUT2D eigenvalue weighted by Crippen LogP contribution is -2.51. The van der Waals surface area contributed by atoms with Gasteiger partial charge in [-0.1, -0.05) is 0 Å². The number of nitrogens with zero attached hydrogens (tertiary/aromatic N) is 5. The van der Waals surface area contributed by atoms with Crippen molar-refractivity contribution < 1.29 is 4.79 Å². The van der Waals surface area contributed by atoms with E-state index in [4.69, 9.17) is 0 Å². The molecule has 3 aromatic rings. The van der Waals surface area contributed by atoms with Gasteiger partial charge in [0.05, 0.1) is 11.2 Å². The van der Waals surface area contributed by atoms with Crippen LogP contribution in [0.5, 0.6) is 0 Å². The van der Waals surface area contributed by atoms with Crippen LogP contribution >= 0.6 is 0 Å². The highest BCUT2D eigenvalue weighted by Crippen LogP contribution is 2.23. The molecular formula is C15H16N6O. The molecular weight excluding hydrogens is 280 g/mol. The largest absolute Gasteiger partial charge is 0.360 e. The minimum absolute atomic E-state index is 0.0905. The third kappa shape index (κ3) is 2.34. The molecule has 1 saturated heterocycles. The normalized spacial score (nSPS) is 15.2. The molecule has 4 heterocycles. The topological polar surface area (TPSA) is 79.7 Å². The van der Waals surface area contributed by atoms with Crippen LogP contribution in [-0.4, -0.2) is 48.6 Å². The molecule has 1 aliphatic heterocycles. The molecule has 0 spiro atoms. The van der Waals surface area contributed by atoms with E-state index < -0.39 is 0 Å². The Kier molecular flexibility index (Phi) is 3.10. The number of fused-ring (bicyclic) bond motifs is 1. The Labute approximate surface area is 127 Å². The van der Waals surface area contributed by atoms with Crippen molar-refractivity contribution in [2.45, 2.75) is 13.0 Å². The number of aromatic amines is 1. The van der Waals surface area contributed by atoms with Gasteiger partial charge in [0.25, 0.3) is 0 Å². The molecule has 1 aliphatic rings. The number of nitrogens with one attached hydrogen (secondary N) is 1. The van der Waals surface area contributed by atoms with Crippen LogP contribution in [0.1, 0.15) is 5.69 Å². The number of rotatable bonds is 4. The molecule has 1 N–H and O–H groups in total. The molecule has 1 amide bonds. The van der Waals surface area contributed by atoms with Gasteiger partial charge in [0, 0.05) is 30.9 Å². The molecule has 22 heavy (non-hydrogen) atoms. The molecule has 7 nitrogen and oxygen atoms in total. The zero-order chi connectivity index (χ0) is 14.9. The predicted octanol–water partition coefficient (Wildman–Crippen LogP) is 0.855. The van der Waals surface area contributed by atoms with Crippen molar-refractivity contribution in [3.63, 3.8) is 0 Å². The summed E-state index contributed by atoms with van der Waals surface area (Å²) in [6.45, 7) is 1.83. The van der Waals surface area contributed by atoms with Crippen LogP contribution in [-0.2, 0) is 17.8 Å². The van der Waals surface area contributed by atoms with Crippen LogP contribution in [0.4, 0.5) is 0 Å². The summed E-state index contributed by atoms with van der Waals surface area (Å²) in [6.07, 6.45) is 7.67. The number of aromatic nitrogens is 5. The highest BCUT2D eigenvalue weighted by molar-refractivity contribution is 5.81. The molecule has 112 valence electrons. The summed E-state index contributed by atoms with van der Waals surface area (Å²) in [7, 11) is 0. The maximum Gasteiger partial charge on any atom is 0.244 e. The average molecular weight is 296 g/mol. The highest BCUT2D eigenvalue weighted by Gasteiger charge is 2.31. The van der Waals surface area contributed by atoms with Crippen molar-refractivity contribution in [3.8, 4) is 0 Å². The molecule has 7 heteroatoms. The standard InChI is InChI=1S/C15H16N6O/c22-14(8-21-10-16-9-19-21)20-6-11(7-20)5-13-15-12(1-3-17-13)2-4-18-15/h1-4,9-11,18H,5-8H2. The summed E-state index contributed by atoms with van der Waals surface area (Å²) in [5, 5.41) is 5.14. The number of likely N-dealkylation sites (tertiary alicyclic amines) is 1. The van der Waals surface area contributed by atoms with Crippen LogP contribution in [0.15, 0.2) is 37.2 Å². The monoisotopic (exact) mass is 296 g/mol. The summed E-state index contributed by atoms with van der Waals surface area (Å²) >= 11 is 0. The summed E-state index contributed by atoms with van der Waals surface area (Å²) in [5.74, 6) is 0.564. The zero-order valence-electron chi connectivity index (χ0n) is 12.0. The molecule has 3 aromatic heterocycles. The van der Waals surface area contributed by atoms with Crippen molar-refractivity contribution in [2.75, 3.05) is 13.1 Å². The van der Waals surface area contributed by atoms with Gasteiger partial charge in [-0.2, -0.15) is 5.10 Å². The Bertz CT molecular complexity index is 787. The van der Waals surface area contributed by atoms with Crippen LogP contribution in [0.2, 0.25) is 0 Å². The maximum atomic E-state index is 12.1. The van der Waals surface area contributed by atoms with Crippen molar-refractivity contribution >= 4 is 16.8 Å². The van der Waals surface area contributed by atoms with Crippen LogP contribution in [0, 0.1) is 5.92 Å². The number of carbonyl (C=O) groups excluding carboxylic acids is 1. The number of hydrogen-bond donors (Lipinski definition) is 1. The quantitative estimate of drug-likeness (QED) is 0.774. The molecule has 0 aliphatic carbocycles. The molecule has 0 atom stereocenters. The predicted molar refractivity (Wildman–Crippen MR) is 79.9 cm³/mol. The van der Waals surface area contributed by atoms with E-state index in [9.17, 15) is 4.79 Å². The van der Waals surface area contributed by atoms with E-state index in [0.717, 1.165) is 30.7 Å². The fourth-order valence-corrected chi connectivity index (χ4v) is 2.93. The second kappa shape index (κ2) is 5.25. The third-order valence-electron chi connectivity index (χ3n) is 4.11. The smallest absolute Gasteiger partial charge is 0.244 e. The van der Waals surface area contributed by atoms with Gasteiger partial charge in [-0.3, -0.25) is 9.78 Å². The number of hydrogen-bond acceptors (Lipinski definition) is 4. The van der Waals surface area contributed by atoms with E-state index in [1.165, 1.54) is 11.7 Å². The SMILES string of the molecule is O=C(Cn1cncn1)N1CC(Cc2nccc3cc[nH]c23)C1. The Morgan fingerprint density at radius 1 is 1.36 bits per heavy atom. The van der Waals surface area contributed by atoms with Gasteiger partial charge in [0.2, 0.25) is 5.91 Å². The number of amides is 1. The Balaban J connectivity index is 1.35. The fourth-order valence-electron chi connectivity index (χ4n) is 2.93. The number of carbonyl (C=O) groups is 1. The van der Waals surface area contributed by atoms with Crippen LogP contribution in [0.25, 0.3) is 10.9 Å². The average Bonchev–Trinajstić information content (AvgIpc) is 3.12. The first-order valence-electron chi connectivity index (χ1n) is 7.31. The van der Waals surface area contributed by atoms with Gasteiger partial charge in [0.15, 0.2) is 0 Å². The first-order chi connectivity index (χ1) is 10.8. The number of pyridine rings is 1. The Morgan fingerprint density at radius 3 is 3.09 bits per heavy atom. The molecule has 0 unspecified atom stereocenters. The van der Waals surface area contributed by atoms with Crippen molar-refractivity contribution in [3.05, 3.63) is 42.9 Å². The lowest BCUT2D eigenvalue weighted by Gasteiger charge is -2.39. The second-order valence-electron chi connectivity index (χ2n) is 5.66. The van der Waals surface area contributed by atoms with Crippen LogP contribution < -0.4 is 0 Å².